The number of nitrogens with zero attached hydrogens (tertiary/aromatic N) is 1. The lowest BCUT2D eigenvalue weighted by molar-refractivity contribution is -0.132. The molecular weight excluding hydrogens is 256 g/mol. The Kier molecular flexibility index (Phi) is 5.01. The van der Waals surface area contributed by atoms with Gasteiger partial charge in [0.2, 0.25) is 5.91 Å². The van der Waals surface area contributed by atoms with Gasteiger partial charge in [0.15, 0.2) is 0 Å². The summed E-state index contributed by atoms with van der Waals surface area (Å²) in [4.78, 5) is 14.0. The zero-order chi connectivity index (χ0) is 14.4. The fourth-order valence-electron chi connectivity index (χ4n) is 1.82. The highest BCUT2D eigenvalue weighted by Crippen LogP contribution is 2.11. The molecule has 0 aliphatic heterocycles. The number of hydrogen-bond acceptors (Lipinski definition) is 4. The SMILES string of the molecule is CC(C)NCC(=O)N(Cc1ccco1)Cc1ccco1. The third-order valence-corrected chi connectivity index (χ3v) is 2.87. The summed E-state index contributed by atoms with van der Waals surface area (Å²) in [5.74, 6) is 1.54. The molecule has 5 nitrogen and oxygen atoms in total. The molecule has 0 saturated heterocycles. The van der Waals surface area contributed by atoms with Crippen molar-refractivity contribution in [3.8, 4) is 0 Å². The topological polar surface area (TPSA) is 58.6 Å². The smallest absolute Gasteiger partial charge is 0.237 e. The maximum absolute atomic E-state index is 12.3. The summed E-state index contributed by atoms with van der Waals surface area (Å²) in [6.45, 7) is 5.20. The van der Waals surface area contributed by atoms with Crippen molar-refractivity contribution < 1.29 is 13.6 Å². The van der Waals surface area contributed by atoms with E-state index in [4.69, 9.17) is 8.83 Å². The average molecular weight is 276 g/mol. The molecule has 2 aromatic rings. The number of rotatable bonds is 7. The fourth-order valence-corrected chi connectivity index (χ4v) is 1.82. The standard InChI is InChI=1S/C15H20N2O3/c1-12(2)16-9-15(18)17(10-13-5-3-7-19-13)11-14-6-4-8-20-14/h3-8,12,16H,9-11H2,1-2H3. The van der Waals surface area contributed by atoms with Gasteiger partial charge < -0.3 is 19.1 Å². The highest BCUT2D eigenvalue weighted by atomic mass is 16.3. The molecule has 20 heavy (non-hydrogen) atoms. The van der Waals surface area contributed by atoms with Crippen molar-refractivity contribution in [2.75, 3.05) is 6.54 Å². The van der Waals surface area contributed by atoms with Crippen LogP contribution in [0.1, 0.15) is 25.4 Å². The van der Waals surface area contributed by atoms with Gasteiger partial charge in [0, 0.05) is 6.04 Å². The van der Waals surface area contributed by atoms with Crippen molar-refractivity contribution >= 4 is 5.91 Å². The Morgan fingerprint density at radius 3 is 2.10 bits per heavy atom. The second kappa shape index (κ2) is 6.96. The Morgan fingerprint density at radius 1 is 1.15 bits per heavy atom. The molecule has 0 radical (unpaired) electrons. The minimum Gasteiger partial charge on any atom is -0.467 e. The van der Waals surface area contributed by atoms with E-state index in [1.54, 1.807) is 17.4 Å². The molecule has 108 valence electrons. The predicted octanol–water partition coefficient (Wildman–Crippen LogP) is 2.40. The van der Waals surface area contributed by atoms with Gasteiger partial charge in [-0.15, -0.1) is 0 Å². The molecule has 0 aliphatic carbocycles. The Labute approximate surface area is 118 Å². The van der Waals surface area contributed by atoms with E-state index in [0.717, 1.165) is 11.5 Å². The van der Waals surface area contributed by atoms with Gasteiger partial charge in [0.05, 0.1) is 32.2 Å². The lowest BCUT2D eigenvalue weighted by Gasteiger charge is -2.21. The maximum Gasteiger partial charge on any atom is 0.237 e. The molecule has 0 aromatic carbocycles. The first-order chi connectivity index (χ1) is 9.65. The molecule has 1 N–H and O–H groups in total. The maximum atomic E-state index is 12.3. The van der Waals surface area contributed by atoms with Crippen molar-refractivity contribution in [3.63, 3.8) is 0 Å². The van der Waals surface area contributed by atoms with Crippen LogP contribution >= 0.6 is 0 Å². The number of hydrogen-bond donors (Lipinski definition) is 1. The molecule has 0 aliphatic rings. The van der Waals surface area contributed by atoms with Crippen molar-refractivity contribution in [3.05, 3.63) is 48.3 Å². The predicted molar refractivity (Wildman–Crippen MR) is 74.8 cm³/mol. The van der Waals surface area contributed by atoms with E-state index in [1.165, 1.54) is 0 Å². The molecular formula is C15H20N2O3. The first-order valence-electron chi connectivity index (χ1n) is 6.71. The quantitative estimate of drug-likeness (QED) is 0.843. The van der Waals surface area contributed by atoms with Gasteiger partial charge in [0.25, 0.3) is 0 Å². The van der Waals surface area contributed by atoms with Crippen LogP contribution < -0.4 is 5.32 Å². The van der Waals surface area contributed by atoms with E-state index in [0.29, 0.717) is 19.6 Å². The van der Waals surface area contributed by atoms with Crippen LogP contribution in [0, 0.1) is 0 Å². The van der Waals surface area contributed by atoms with Crippen LogP contribution in [-0.4, -0.2) is 23.4 Å². The first kappa shape index (κ1) is 14.4. The monoisotopic (exact) mass is 276 g/mol. The van der Waals surface area contributed by atoms with Crippen LogP contribution in [0.15, 0.2) is 45.6 Å². The molecule has 0 fully saturated rings. The summed E-state index contributed by atoms with van der Waals surface area (Å²) in [5, 5.41) is 3.13. The Bertz CT molecular complexity index is 467. The van der Waals surface area contributed by atoms with E-state index >= 15 is 0 Å². The van der Waals surface area contributed by atoms with Gasteiger partial charge in [-0.2, -0.15) is 0 Å². The normalized spacial score (nSPS) is 10.9. The zero-order valence-corrected chi connectivity index (χ0v) is 11.8. The molecule has 2 rings (SSSR count). The molecule has 2 aromatic heterocycles. The Morgan fingerprint density at radius 2 is 1.70 bits per heavy atom. The van der Waals surface area contributed by atoms with E-state index < -0.39 is 0 Å². The zero-order valence-electron chi connectivity index (χ0n) is 11.8. The number of furan rings is 2. The van der Waals surface area contributed by atoms with E-state index in [2.05, 4.69) is 5.32 Å². The van der Waals surface area contributed by atoms with E-state index in [-0.39, 0.29) is 11.9 Å². The fraction of sp³-hybridized carbons (Fsp3) is 0.400. The highest BCUT2D eigenvalue weighted by Gasteiger charge is 2.17. The highest BCUT2D eigenvalue weighted by molar-refractivity contribution is 5.78. The molecule has 0 atom stereocenters. The molecule has 0 saturated carbocycles. The summed E-state index contributed by atoms with van der Waals surface area (Å²) in [5.41, 5.74) is 0. The summed E-state index contributed by atoms with van der Waals surface area (Å²) in [6, 6.07) is 7.62. The van der Waals surface area contributed by atoms with Gasteiger partial charge in [-0.1, -0.05) is 13.8 Å². The van der Waals surface area contributed by atoms with Crippen molar-refractivity contribution in [1.82, 2.24) is 10.2 Å². The van der Waals surface area contributed by atoms with Gasteiger partial charge in [-0.05, 0) is 24.3 Å². The molecule has 0 unspecified atom stereocenters. The van der Waals surface area contributed by atoms with E-state index in [1.807, 2.05) is 38.1 Å². The van der Waals surface area contributed by atoms with E-state index in [9.17, 15) is 4.79 Å². The first-order valence-corrected chi connectivity index (χ1v) is 6.71. The van der Waals surface area contributed by atoms with Crippen LogP contribution in [0.25, 0.3) is 0 Å². The lowest BCUT2D eigenvalue weighted by Crippen LogP contribution is -2.39. The Hall–Kier alpha value is -2.01. The Balaban J connectivity index is 2.00. The van der Waals surface area contributed by atoms with Crippen LogP contribution in [0.5, 0.6) is 0 Å². The third-order valence-electron chi connectivity index (χ3n) is 2.87. The minimum atomic E-state index is 0.0199. The van der Waals surface area contributed by atoms with Crippen molar-refractivity contribution in [2.24, 2.45) is 0 Å². The van der Waals surface area contributed by atoms with Gasteiger partial charge in [-0.25, -0.2) is 0 Å². The second-order valence-electron chi connectivity index (χ2n) is 4.94. The van der Waals surface area contributed by atoms with Crippen molar-refractivity contribution in [1.29, 1.82) is 0 Å². The number of carbonyl (C=O) groups excluding carboxylic acids is 1. The molecule has 0 bridgehead atoms. The lowest BCUT2D eigenvalue weighted by atomic mass is 10.3. The van der Waals surface area contributed by atoms with Crippen LogP contribution in [0.2, 0.25) is 0 Å². The molecule has 1 amide bonds. The molecule has 5 heteroatoms. The van der Waals surface area contributed by atoms with Gasteiger partial charge in [-0.3, -0.25) is 4.79 Å². The van der Waals surface area contributed by atoms with Gasteiger partial charge in [0.1, 0.15) is 11.5 Å². The summed E-state index contributed by atoms with van der Waals surface area (Å²) in [6.07, 6.45) is 3.22. The number of nitrogens with one attached hydrogen (secondary N) is 1. The van der Waals surface area contributed by atoms with Crippen molar-refractivity contribution in [2.45, 2.75) is 33.0 Å². The average Bonchev–Trinajstić information content (AvgIpc) is 3.08. The third kappa shape index (κ3) is 4.28. The summed E-state index contributed by atoms with van der Waals surface area (Å²) >= 11 is 0. The summed E-state index contributed by atoms with van der Waals surface area (Å²) < 4.78 is 10.6. The summed E-state index contributed by atoms with van der Waals surface area (Å²) in [7, 11) is 0. The van der Waals surface area contributed by atoms with Gasteiger partial charge >= 0.3 is 0 Å². The minimum absolute atomic E-state index is 0.0199. The van der Waals surface area contributed by atoms with Crippen LogP contribution in [0.4, 0.5) is 0 Å². The van der Waals surface area contributed by atoms with Crippen LogP contribution in [-0.2, 0) is 17.9 Å². The van der Waals surface area contributed by atoms with Crippen LogP contribution in [0.3, 0.4) is 0 Å². The second-order valence-corrected chi connectivity index (χ2v) is 4.94. The molecule has 2 heterocycles. The molecule has 0 spiro atoms. The number of amides is 1. The number of carbonyl (C=O) groups is 1. The largest absolute Gasteiger partial charge is 0.467 e.